The van der Waals surface area contributed by atoms with Crippen LogP contribution >= 0.6 is 0 Å². The van der Waals surface area contributed by atoms with Crippen LogP contribution in [-0.2, 0) is 9.47 Å². The van der Waals surface area contributed by atoms with E-state index in [1.54, 1.807) is 0 Å². The molecular formula is C9H10FNO3. The van der Waals surface area contributed by atoms with Gasteiger partial charge in [-0.15, -0.1) is 0 Å². The summed E-state index contributed by atoms with van der Waals surface area (Å²) in [5.41, 5.74) is 5.59. The molecule has 0 saturated carbocycles. The second-order valence-electron chi connectivity index (χ2n) is 2.57. The van der Waals surface area contributed by atoms with E-state index in [1.165, 1.54) is 13.2 Å². The molecule has 2 N–H and O–H groups in total. The number of nitrogens with two attached hydrogens (primary N) is 1. The molecule has 14 heavy (non-hydrogen) atoms. The number of methoxy groups -OCH3 is 1. The van der Waals surface area contributed by atoms with Crippen LogP contribution in [0.2, 0.25) is 0 Å². The van der Waals surface area contributed by atoms with E-state index in [2.05, 4.69) is 9.47 Å². The van der Waals surface area contributed by atoms with Gasteiger partial charge in [-0.1, -0.05) is 0 Å². The number of anilines is 1. The average molecular weight is 199 g/mol. The Balaban J connectivity index is 2.80. The number of carbonyl (C=O) groups is 1. The Morgan fingerprint density at radius 2 is 2.29 bits per heavy atom. The molecule has 0 radical (unpaired) electrons. The number of halogens is 1. The van der Waals surface area contributed by atoms with Gasteiger partial charge in [0.25, 0.3) is 0 Å². The van der Waals surface area contributed by atoms with Crippen molar-refractivity contribution in [3.05, 3.63) is 29.6 Å². The van der Waals surface area contributed by atoms with E-state index in [-0.39, 0.29) is 18.0 Å². The van der Waals surface area contributed by atoms with Gasteiger partial charge in [0, 0.05) is 12.8 Å². The maximum Gasteiger partial charge on any atom is 0.342 e. The lowest BCUT2D eigenvalue weighted by Crippen LogP contribution is -2.10. The molecule has 0 aliphatic carbocycles. The summed E-state index contributed by atoms with van der Waals surface area (Å²) < 4.78 is 21.8. The van der Waals surface area contributed by atoms with Gasteiger partial charge >= 0.3 is 5.97 Å². The highest BCUT2D eigenvalue weighted by Crippen LogP contribution is 2.14. The Morgan fingerprint density at radius 3 is 2.86 bits per heavy atom. The maximum absolute atomic E-state index is 12.6. The fraction of sp³-hybridized carbons (Fsp3) is 0.222. The predicted octanol–water partition coefficient (Wildman–Crippen LogP) is 1.17. The molecule has 1 aromatic rings. The lowest BCUT2D eigenvalue weighted by atomic mass is 10.2. The molecule has 0 bridgehead atoms. The smallest absolute Gasteiger partial charge is 0.342 e. The maximum atomic E-state index is 12.6. The Bertz CT molecular complexity index is 341. The first kappa shape index (κ1) is 10.5. The lowest BCUT2D eigenvalue weighted by Gasteiger charge is -2.05. The molecule has 5 heteroatoms. The topological polar surface area (TPSA) is 61.5 Å². The van der Waals surface area contributed by atoms with Crippen LogP contribution in [0, 0.1) is 5.82 Å². The van der Waals surface area contributed by atoms with Crippen molar-refractivity contribution in [1.29, 1.82) is 0 Å². The molecule has 0 heterocycles. The van der Waals surface area contributed by atoms with Crippen LogP contribution in [-0.4, -0.2) is 19.9 Å². The second kappa shape index (κ2) is 4.57. The van der Waals surface area contributed by atoms with Gasteiger partial charge in [-0.05, 0) is 18.2 Å². The van der Waals surface area contributed by atoms with Crippen LogP contribution in [0.25, 0.3) is 0 Å². The number of nitrogen functional groups attached to an aromatic ring is 1. The Labute approximate surface area is 80.4 Å². The van der Waals surface area contributed by atoms with E-state index in [4.69, 9.17) is 5.73 Å². The van der Waals surface area contributed by atoms with E-state index >= 15 is 0 Å². The molecule has 0 amide bonds. The van der Waals surface area contributed by atoms with Crippen LogP contribution in [0.3, 0.4) is 0 Å². The molecule has 0 aliphatic heterocycles. The average Bonchev–Trinajstić information content (AvgIpc) is 2.14. The summed E-state index contributed by atoms with van der Waals surface area (Å²) in [6.45, 7) is -0.157. The van der Waals surface area contributed by atoms with Gasteiger partial charge in [0.05, 0.1) is 5.56 Å². The van der Waals surface area contributed by atoms with Crippen molar-refractivity contribution in [3.8, 4) is 0 Å². The number of hydrogen-bond acceptors (Lipinski definition) is 4. The van der Waals surface area contributed by atoms with Gasteiger partial charge in [0.15, 0.2) is 6.79 Å². The third-order valence-corrected chi connectivity index (χ3v) is 1.54. The molecule has 0 aromatic heterocycles. The van der Waals surface area contributed by atoms with Gasteiger partial charge in [0.1, 0.15) is 5.82 Å². The third-order valence-electron chi connectivity index (χ3n) is 1.54. The summed E-state index contributed by atoms with van der Waals surface area (Å²) in [5, 5.41) is 0. The molecule has 0 spiro atoms. The first-order chi connectivity index (χ1) is 6.65. The van der Waals surface area contributed by atoms with Gasteiger partial charge in [0.2, 0.25) is 0 Å². The minimum Gasteiger partial charge on any atom is -0.435 e. The van der Waals surface area contributed by atoms with E-state index < -0.39 is 11.8 Å². The molecule has 1 rings (SSSR count). The number of carbonyl (C=O) groups excluding carboxylic acids is 1. The molecule has 76 valence electrons. The van der Waals surface area contributed by atoms with Crippen molar-refractivity contribution in [2.24, 2.45) is 0 Å². The quantitative estimate of drug-likeness (QED) is 0.451. The minimum absolute atomic E-state index is 0.0473. The number of rotatable bonds is 3. The first-order valence-corrected chi connectivity index (χ1v) is 3.86. The molecule has 0 saturated heterocycles. The van der Waals surface area contributed by atoms with Gasteiger partial charge in [-0.2, -0.15) is 0 Å². The summed E-state index contributed by atoms with van der Waals surface area (Å²) in [7, 11) is 1.39. The predicted molar refractivity (Wildman–Crippen MR) is 48.1 cm³/mol. The van der Waals surface area contributed by atoms with Crippen LogP contribution in [0.4, 0.5) is 10.1 Å². The van der Waals surface area contributed by atoms with Crippen LogP contribution in [0.15, 0.2) is 18.2 Å². The zero-order valence-electron chi connectivity index (χ0n) is 7.62. The monoisotopic (exact) mass is 199 g/mol. The Kier molecular flexibility index (Phi) is 3.41. The summed E-state index contributed by atoms with van der Waals surface area (Å²) in [5.74, 6) is -1.13. The normalized spacial score (nSPS) is 9.86. The molecule has 0 atom stereocenters. The Hall–Kier alpha value is -1.62. The van der Waals surface area contributed by atoms with E-state index in [0.717, 1.165) is 12.1 Å². The zero-order chi connectivity index (χ0) is 10.6. The highest BCUT2D eigenvalue weighted by atomic mass is 19.1. The SMILES string of the molecule is COCOC(=O)c1ccc(F)cc1N. The van der Waals surface area contributed by atoms with E-state index in [1.807, 2.05) is 0 Å². The highest BCUT2D eigenvalue weighted by molar-refractivity contribution is 5.94. The molecule has 1 aromatic carbocycles. The van der Waals surface area contributed by atoms with Gasteiger partial charge in [-0.3, -0.25) is 0 Å². The van der Waals surface area contributed by atoms with Crippen molar-refractivity contribution in [2.45, 2.75) is 0 Å². The van der Waals surface area contributed by atoms with E-state index in [0.29, 0.717) is 0 Å². The molecule has 4 nitrogen and oxygen atoms in total. The number of esters is 1. The molecular weight excluding hydrogens is 189 g/mol. The highest BCUT2D eigenvalue weighted by Gasteiger charge is 2.11. The molecule has 0 aliphatic rings. The zero-order valence-corrected chi connectivity index (χ0v) is 7.62. The van der Waals surface area contributed by atoms with Crippen molar-refractivity contribution < 1.29 is 18.7 Å². The summed E-state index contributed by atoms with van der Waals surface area (Å²) in [6.07, 6.45) is 0. The summed E-state index contributed by atoms with van der Waals surface area (Å²) in [6, 6.07) is 3.46. The van der Waals surface area contributed by atoms with Crippen LogP contribution in [0.5, 0.6) is 0 Å². The number of ether oxygens (including phenoxy) is 2. The number of hydrogen-bond donors (Lipinski definition) is 1. The third kappa shape index (κ3) is 2.43. The summed E-state index contributed by atoms with van der Waals surface area (Å²) >= 11 is 0. The minimum atomic E-state index is -0.635. The molecule has 0 unspecified atom stereocenters. The summed E-state index contributed by atoms with van der Waals surface area (Å²) in [4.78, 5) is 11.2. The van der Waals surface area contributed by atoms with Gasteiger partial charge in [-0.25, -0.2) is 9.18 Å². The fourth-order valence-corrected chi connectivity index (χ4v) is 0.910. The van der Waals surface area contributed by atoms with Crippen LogP contribution in [0.1, 0.15) is 10.4 Å². The van der Waals surface area contributed by atoms with E-state index in [9.17, 15) is 9.18 Å². The largest absolute Gasteiger partial charge is 0.435 e. The van der Waals surface area contributed by atoms with Crippen LogP contribution < -0.4 is 5.73 Å². The van der Waals surface area contributed by atoms with Crippen molar-refractivity contribution >= 4 is 11.7 Å². The van der Waals surface area contributed by atoms with Crippen molar-refractivity contribution in [3.63, 3.8) is 0 Å². The number of benzene rings is 1. The fourth-order valence-electron chi connectivity index (χ4n) is 0.910. The Morgan fingerprint density at radius 1 is 1.57 bits per heavy atom. The molecule has 0 fully saturated rings. The van der Waals surface area contributed by atoms with Crippen molar-refractivity contribution in [2.75, 3.05) is 19.6 Å². The first-order valence-electron chi connectivity index (χ1n) is 3.86. The van der Waals surface area contributed by atoms with Gasteiger partial charge < -0.3 is 15.2 Å². The van der Waals surface area contributed by atoms with Crippen molar-refractivity contribution in [1.82, 2.24) is 0 Å². The standard InChI is InChI=1S/C9H10FNO3/c1-13-5-14-9(12)7-3-2-6(10)4-8(7)11/h2-4H,5,11H2,1H3. The lowest BCUT2D eigenvalue weighted by molar-refractivity contribution is -0.0124. The second-order valence-corrected chi connectivity index (χ2v) is 2.57.